The van der Waals surface area contributed by atoms with Crippen molar-refractivity contribution < 1.29 is 4.84 Å². The van der Waals surface area contributed by atoms with E-state index in [1.165, 1.54) is 0 Å². The molecule has 1 aromatic rings. The first-order valence-electron chi connectivity index (χ1n) is 3.49. The maximum Gasteiger partial charge on any atom is 0.159 e. The highest BCUT2D eigenvalue weighted by Crippen LogP contribution is 2.26. The minimum Gasteiger partial charge on any atom is -0.304 e. The molecule has 0 spiro atoms. The zero-order valence-electron chi connectivity index (χ0n) is 7.00. The third-order valence-corrected chi connectivity index (χ3v) is 2.98. The van der Waals surface area contributed by atoms with Gasteiger partial charge in [-0.1, -0.05) is 13.8 Å². The highest BCUT2D eigenvalue weighted by atomic mass is 79.9. The molecule has 68 valence electrons. The second-order valence-corrected chi connectivity index (χ2v) is 5.31. The fourth-order valence-corrected chi connectivity index (χ4v) is 2.05. The summed E-state index contributed by atoms with van der Waals surface area (Å²) in [7, 11) is 0. The summed E-state index contributed by atoms with van der Waals surface area (Å²) in [5, 5.41) is 2.00. The summed E-state index contributed by atoms with van der Waals surface area (Å²) in [6.45, 7) is 4.56. The Morgan fingerprint density at radius 2 is 2.42 bits per heavy atom. The number of thiazole rings is 1. The monoisotopic (exact) mass is 250 g/mol. The van der Waals surface area contributed by atoms with Gasteiger partial charge >= 0.3 is 0 Å². The Morgan fingerprint density at radius 1 is 1.75 bits per heavy atom. The Hall–Kier alpha value is 0.0300. The molecular weight excluding hydrogens is 240 g/mol. The van der Waals surface area contributed by atoms with E-state index >= 15 is 0 Å². The van der Waals surface area contributed by atoms with Crippen molar-refractivity contribution in [1.29, 1.82) is 0 Å². The number of nitrogens with two attached hydrogens (primary N) is 1. The maximum absolute atomic E-state index is 5.02. The second kappa shape index (κ2) is 3.83. The van der Waals surface area contributed by atoms with Crippen molar-refractivity contribution in [3.63, 3.8) is 0 Å². The number of hydrogen-bond donors (Lipinski definition) is 1. The molecule has 0 bridgehead atoms. The minimum atomic E-state index is -0.114. The average Bonchev–Trinajstić information content (AvgIpc) is 2.36. The summed E-state index contributed by atoms with van der Waals surface area (Å²) in [4.78, 5) is 8.92. The van der Waals surface area contributed by atoms with Crippen molar-refractivity contribution >= 4 is 27.3 Å². The van der Waals surface area contributed by atoms with Crippen LogP contribution in [-0.4, -0.2) is 11.6 Å². The van der Waals surface area contributed by atoms with Gasteiger partial charge in [-0.25, -0.2) is 10.9 Å². The van der Waals surface area contributed by atoms with Crippen LogP contribution in [0.5, 0.6) is 0 Å². The van der Waals surface area contributed by atoms with Crippen molar-refractivity contribution in [2.24, 2.45) is 5.90 Å². The van der Waals surface area contributed by atoms with Crippen LogP contribution in [0, 0.1) is 0 Å². The fraction of sp³-hybridized carbons (Fsp3) is 0.571. The van der Waals surface area contributed by atoms with Gasteiger partial charge in [-0.05, 0) is 15.9 Å². The fourth-order valence-electron chi connectivity index (χ4n) is 0.845. The highest BCUT2D eigenvalue weighted by molar-refractivity contribution is 9.11. The molecule has 0 unspecified atom stereocenters. The van der Waals surface area contributed by atoms with Crippen LogP contribution in [0.15, 0.2) is 9.30 Å². The molecule has 2 N–H and O–H groups in total. The van der Waals surface area contributed by atoms with E-state index in [1.54, 1.807) is 11.3 Å². The van der Waals surface area contributed by atoms with E-state index in [0.29, 0.717) is 6.61 Å². The largest absolute Gasteiger partial charge is 0.304 e. The summed E-state index contributed by atoms with van der Waals surface area (Å²) >= 11 is 4.88. The van der Waals surface area contributed by atoms with Crippen molar-refractivity contribution in [2.75, 3.05) is 6.61 Å². The van der Waals surface area contributed by atoms with Gasteiger partial charge in [0.2, 0.25) is 0 Å². The second-order valence-electron chi connectivity index (χ2n) is 3.18. The normalized spacial score (nSPS) is 12.0. The number of hydrogen-bond acceptors (Lipinski definition) is 4. The number of rotatable bonds is 3. The van der Waals surface area contributed by atoms with E-state index in [-0.39, 0.29) is 5.41 Å². The van der Waals surface area contributed by atoms with E-state index in [0.717, 1.165) is 9.61 Å². The molecule has 1 heterocycles. The van der Waals surface area contributed by atoms with E-state index in [2.05, 4.69) is 25.8 Å². The first kappa shape index (κ1) is 10.1. The zero-order valence-corrected chi connectivity index (χ0v) is 9.41. The molecule has 1 rings (SSSR count). The van der Waals surface area contributed by atoms with Crippen LogP contribution in [0.25, 0.3) is 0 Å². The standard InChI is InChI=1S/C7H11BrN2OS/c1-7(2,4-11-9)5-3-12-6(8)10-5/h3H,4,9H2,1-2H3. The van der Waals surface area contributed by atoms with Crippen molar-refractivity contribution in [2.45, 2.75) is 19.3 Å². The summed E-state index contributed by atoms with van der Waals surface area (Å²) in [5.41, 5.74) is 0.891. The van der Waals surface area contributed by atoms with Crippen LogP contribution in [0.2, 0.25) is 0 Å². The van der Waals surface area contributed by atoms with Gasteiger partial charge in [-0.15, -0.1) is 11.3 Å². The minimum absolute atomic E-state index is 0.114. The third kappa shape index (κ3) is 2.26. The predicted molar refractivity (Wildman–Crippen MR) is 53.0 cm³/mol. The van der Waals surface area contributed by atoms with Gasteiger partial charge in [-0.3, -0.25) is 0 Å². The number of nitrogens with zero attached hydrogens (tertiary/aromatic N) is 1. The van der Waals surface area contributed by atoms with Crippen LogP contribution in [-0.2, 0) is 10.3 Å². The van der Waals surface area contributed by atoms with Crippen LogP contribution in [0.4, 0.5) is 0 Å². The zero-order chi connectivity index (χ0) is 9.19. The van der Waals surface area contributed by atoms with Gasteiger partial charge < -0.3 is 4.84 Å². The summed E-state index contributed by atoms with van der Waals surface area (Å²) in [6.07, 6.45) is 0. The molecule has 1 aromatic heterocycles. The summed E-state index contributed by atoms with van der Waals surface area (Å²) < 4.78 is 0.891. The van der Waals surface area contributed by atoms with Crippen LogP contribution < -0.4 is 5.90 Å². The van der Waals surface area contributed by atoms with E-state index in [4.69, 9.17) is 5.90 Å². The molecule has 0 fully saturated rings. The van der Waals surface area contributed by atoms with Crippen molar-refractivity contribution in [1.82, 2.24) is 4.98 Å². The molecule has 0 saturated carbocycles. The molecule has 3 nitrogen and oxygen atoms in total. The van der Waals surface area contributed by atoms with E-state index < -0.39 is 0 Å². The number of aromatic nitrogens is 1. The topological polar surface area (TPSA) is 48.1 Å². The molecule has 0 aliphatic carbocycles. The third-order valence-electron chi connectivity index (χ3n) is 1.61. The van der Waals surface area contributed by atoms with E-state index in [9.17, 15) is 0 Å². The lowest BCUT2D eigenvalue weighted by Gasteiger charge is -2.19. The first-order valence-corrected chi connectivity index (χ1v) is 5.17. The maximum atomic E-state index is 5.02. The highest BCUT2D eigenvalue weighted by Gasteiger charge is 2.23. The Kier molecular flexibility index (Phi) is 3.22. The van der Waals surface area contributed by atoms with Gasteiger partial charge in [0, 0.05) is 10.8 Å². The van der Waals surface area contributed by atoms with Crippen LogP contribution >= 0.6 is 27.3 Å². The molecule has 0 saturated heterocycles. The number of halogens is 1. The lowest BCUT2D eigenvalue weighted by molar-refractivity contribution is 0.0951. The Bertz CT molecular complexity index is 262. The van der Waals surface area contributed by atoms with Gasteiger partial charge in [0.05, 0.1) is 12.3 Å². The first-order chi connectivity index (χ1) is 5.56. The molecule has 5 heteroatoms. The molecule has 0 radical (unpaired) electrons. The molecule has 12 heavy (non-hydrogen) atoms. The van der Waals surface area contributed by atoms with E-state index in [1.807, 2.05) is 19.2 Å². The quantitative estimate of drug-likeness (QED) is 0.836. The predicted octanol–water partition coefficient (Wildman–Crippen LogP) is 2.07. The molecule has 0 aliphatic rings. The molecule has 0 aliphatic heterocycles. The smallest absolute Gasteiger partial charge is 0.159 e. The molecular formula is C7H11BrN2OS. The molecule has 0 aromatic carbocycles. The Balaban J connectivity index is 2.81. The van der Waals surface area contributed by atoms with Gasteiger partial charge in [0.15, 0.2) is 3.92 Å². The molecule has 0 atom stereocenters. The summed E-state index contributed by atoms with van der Waals surface area (Å²) in [6, 6.07) is 0. The molecule has 0 amide bonds. The van der Waals surface area contributed by atoms with Gasteiger partial charge in [0.25, 0.3) is 0 Å². The van der Waals surface area contributed by atoms with Crippen LogP contribution in [0.1, 0.15) is 19.5 Å². The van der Waals surface area contributed by atoms with Crippen LogP contribution in [0.3, 0.4) is 0 Å². The Morgan fingerprint density at radius 3 is 2.83 bits per heavy atom. The average molecular weight is 251 g/mol. The SMILES string of the molecule is CC(C)(CON)c1csc(Br)n1. The lowest BCUT2D eigenvalue weighted by Crippen LogP contribution is -2.26. The van der Waals surface area contributed by atoms with Gasteiger partial charge in [0.1, 0.15) is 0 Å². The summed E-state index contributed by atoms with van der Waals surface area (Å²) in [5.74, 6) is 5.02. The van der Waals surface area contributed by atoms with Crippen molar-refractivity contribution in [3.8, 4) is 0 Å². The van der Waals surface area contributed by atoms with Gasteiger partial charge in [-0.2, -0.15) is 0 Å². The lowest BCUT2D eigenvalue weighted by atomic mass is 9.91. The van der Waals surface area contributed by atoms with Crippen molar-refractivity contribution in [3.05, 3.63) is 15.0 Å². The Labute approximate surface area is 84.0 Å².